The third-order valence-corrected chi connectivity index (χ3v) is 4.47. The molecule has 0 unspecified atom stereocenters. The quantitative estimate of drug-likeness (QED) is 0.421. The molecule has 0 spiro atoms. The fourth-order valence-electron chi connectivity index (χ4n) is 2.88. The van der Waals surface area contributed by atoms with Crippen molar-refractivity contribution in [3.63, 3.8) is 0 Å². The second-order valence-electron chi connectivity index (χ2n) is 6.88. The van der Waals surface area contributed by atoms with E-state index in [-0.39, 0.29) is 11.9 Å². The molecule has 0 fully saturated rings. The van der Waals surface area contributed by atoms with Gasteiger partial charge in [-0.05, 0) is 43.0 Å². The zero-order valence-electron chi connectivity index (χ0n) is 18.0. The van der Waals surface area contributed by atoms with Gasteiger partial charge in [0.2, 0.25) is 0 Å². The molecule has 0 bridgehead atoms. The van der Waals surface area contributed by atoms with E-state index in [4.69, 9.17) is 9.47 Å². The molecule has 0 saturated carbocycles. The van der Waals surface area contributed by atoms with E-state index in [1.54, 1.807) is 12.1 Å². The van der Waals surface area contributed by atoms with Gasteiger partial charge in [0.1, 0.15) is 0 Å². The van der Waals surface area contributed by atoms with E-state index in [9.17, 15) is 9.59 Å². The van der Waals surface area contributed by atoms with E-state index in [1.165, 1.54) is 11.1 Å². The Balaban J connectivity index is 0.000000225. The third kappa shape index (κ3) is 10.3. The van der Waals surface area contributed by atoms with Crippen LogP contribution in [-0.4, -0.2) is 25.2 Å². The van der Waals surface area contributed by atoms with E-state index >= 15 is 0 Å². The van der Waals surface area contributed by atoms with Crippen LogP contribution in [0.25, 0.3) is 0 Å². The molecule has 3 aromatic carbocycles. The maximum Gasteiger partial charge on any atom is 0.338 e. The lowest BCUT2D eigenvalue weighted by molar-refractivity contribution is -0.143. The molecule has 0 atom stereocenters. The summed E-state index contributed by atoms with van der Waals surface area (Å²) < 4.78 is 10.0. The summed E-state index contributed by atoms with van der Waals surface area (Å²) in [5.41, 5.74) is 3.05. The molecule has 0 heterocycles. The fourth-order valence-corrected chi connectivity index (χ4v) is 2.88. The molecule has 4 nitrogen and oxygen atoms in total. The second kappa shape index (κ2) is 14.6. The van der Waals surface area contributed by atoms with E-state index in [0.29, 0.717) is 25.2 Å². The largest absolute Gasteiger partial charge is 0.466 e. The van der Waals surface area contributed by atoms with Crippen molar-refractivity contribution >= 4 is 11.9 Å². The molecule has 0 amide bonds. The summed E-state index contributed by atoms with van der Waals surface area (Å²) in [6.07, 6.45) is 3.07. The van der Waals surface area contributed by atoms with E-state index in [1.807, 2.05) is 73.7 Å². The Bertz CT molecular complexity index is 877. The highest BCUT2D eigenvalue weighted by Gasteiger charge is 2.05. The van der Waals surface area contributed by atoms with Crippen molar-refractivity contribution in [2.75, 3.05) is 13.2 Å². The molecule has 0 aliphatic heterocycles. The molecule has 162 valence electrons. The minimum absolute atomic E-state index is 0.0940. The first-order valence-corrected chi connectivity index (χ1v) is 10.6. The van der Waals surface area contributed by atoms with Crippen LogP contribution < -0.4 is 0 Å². The minimum Gasteiger partial charge on any atom is -0.466 e. The van der Waals surface area contributed by atoms with Crippen LogP contribution in [0.1, 0.15) is 41.3 Å². The lowest BCUT2D eigenvalue weighted by Crippen LogP contribution is -2.07. The maximum absolute atomic E-state index is 11.6. The Kier molecular flexibility index (Phi) is 11.2. The first-order chi connectivity index (χ1) is 15.2. The van der Waals surface area contributed by atoms with Gasteiger partial charge in [-0.15, -0.1) is 0 Å². The SMILES string of the molecule is CCOC(=O)CCCc1ccccc1.O=C(OCCc1ccccc1)c1ccccc1. The van der Waals surface area contributed by atoms with Crippen molar-refractivity contribution in [1.29, 1.82) is 0 Å². The molecule has 0 aliphatic carbocycles. The van der Waals surface area contributed by atoms with Crippen molar-refractivity contribution in [3.8, 4) is 0 Å². The monoisotopic (exact) mass is 418 g/mol. The molecule has 0 aromatic heterocycles. The summed E-state index contributed by atoms with van der Waals surface area (Å²) in [6, 6.07) is 29.2. The normalized spacial score (nSPS) is 9.84. The predicted molar refractivity (Wildman–Crippen MR) is 123 cm³/mol. The first-order valence-electron chi connectivity index (χ1n) is 10.6. The van der Waals surface area contributed by atoms with E-state index in [2.05, 4.69) is 12.1 Å². The summed E-state index contributed by atoms with van der Waals surface area (Å²) in [5, 5.41) is 0. The standard InChI is InChI=1S/C15H14O2.C12H16O2/c16-15(14-9-5-2-6-10-14)17-12-11-13-7-3-1-4-8-13;1-2-14-12(13)10-6-9-11-7-4-3-5-8-11/h1-10H,11-12H2;3-5,7-8H,2,6,9-10H2,1H3. The highest BCUT2D eigenvalue weighted by Crippen LogP contribution is 2.05. The summed E-state index contributed by atoms with van der Waals surface area (Å²) in [7, 11) is 0. The number of hydrogen-bond acceptors (Lipinski definition) is 4. The van der Waals surface area contributed by atoms with Crippen molar-refractivity contribution in [3.05, 3.63) is 108 Å². The second-order valence-corrected chi connectivity index (χ2v) is 6.88. The van der Waals surface area contributed by atoms with Gasteiger partial charge in [0.05, 0.1) is 18.8 Å². The van der Waals surface area contributed by atoms with E-state index in [0.717, 1.165) is 19.3 Å². The lowest BCUT2D eigenvalue weighted by atomic mass is 10.1. The number of aryl methyl sites for hydroxylation is 1. The van der Waals surface area contributed by atoms with Gasteiger partial charge in [0, 0.05) is 12.8 Å². The zero-order chi connectivity index (χ0) is 22.2. The Hall–Kier alpha value is -3.40. The summed E-state index contributed by atoms with van der Waals surface area (Å²) >= 11 is 0. The smallest absolute Gasteiger partial charge is 0.338 e. The summed E-state index contributed by atoms with van der Waals surface area (Å²) in [4.78, 5) is 22.6. The van der Waals surface area contributed by atoms with Gasteiger partial charge in [-0.25, -0.2) is 4.79 Å². The van der Waals surface area contributed by atoms with Gasteiger partial charge in [-0.3, -0.25) is 4.79 Å². The number of rotatable bonds is 9. The van der Waals surface area contributed by atoms with Crippen molar-refractivity contribution in [2.45, 2.75) is 32.6 Å². The molecule has 4 heteroatoms. The highest BCUT2D eigenvalue weighted by atomic mass is 16.5. The van der Waals surface area contributed by atoms with Crippen LogP contribution in [0, 0.1) is 0 Å². The molecule has 0 aliphatic rings. The van der Waals surface area contributed by atoms with Gasteiger partial charge >= 0.3 is 11.9 Å². The minimum atomic E-state index is -0.262. The topological polar surface area (TPSA) is 52.6 Å². The van der Waals surface area contributed by atoms with Gasteiger partial charge in [-0.1, -0.05) is 78.9 Å². The van der Waals surface area contributed by atoms with Crippen LogP contribution in [0.4, 0.5) is 0 Å². The van der Waals surface area contributed by atoms with Gasteiger partial charge < -0.3 is 9.47 Å². The summed E-state index contributed by atoms with van der Waals surface area (Å²) in [6.45, 7) is 2.72. The lowest BCUT2D eigenvalue weighted by Gasteiger charge is -2.04. The van der Waals surface area contributed by atoms with Gasteiger partial charge in [0.25, 0.3) is 0 Å². The van der Waals surface area contributed by atoms with Crippen LogP contribution in [0.15, 0.2) is 91.0 Å². The van der Waals surface area contributed by atoms with Crippen molar-refractivity contribution < 1.29 is 19.1 Å². The number of hydrogen-bond donors (Lipinski definition) is 0. The van der Waals surface area contributed by atoms with Crippen LogP contribution in [0.5, 0.6) is 0 Å². The molecular formula is C27H30O4. The van der Waals surface area contributed by atoms with Crippen LogP contribution >= 0.6 is 0 Å². The molecule has 0 N–H and O–H groups in total. The predicted octanol–water partition coefficient (Wildman–Crippen LogP) is 5.66. The van der Waals surface area contributed by atoms with Gasteiger partial charge in [-0.2, -0.15) is 0 Å². The number of carbonyl (C=O) groups excluding carboxylic acids is 2. The van der Waals surface area contributed by atoms with Crippen LogP contribution in [-0.2, 0) is 27.1 Å². The maximum atomic E-state index is 11.6. The first kappa shape index (κ1) is 23.9. The fraction of sp³-hybridized carbons (Fsp3) is 0.259. The van der Waals surface area contributed by atoms with E-state index < -0.39 is 0 Å². The Morgan fingerprint density at radius 2 is 1.19 bits per heavy atom. The number of esters is 2. The zero-order valence-corrected chi connectivity index (χ0v) is 18.0. The third-order valence-electron chi connectivity index (χ3n) is 4.47. The van der Waals surface area contributed by atoms with Crippen molar-refractivity contribution in [2.24, 2.45) is 0 Å². The molecule has 3 rings (SSSR count). The summed E-state index contributed by atoms with van der Waals surface area (Å²) in [5.74, 6) is -0.357. The molecule has 31 heavy (non-hydrogen) atoms. The average molecular weight is 419 g/mol. The Labute approximate surface area is 184 Å². The number of ether oxygens (including phenoxy) is 2. The molecular weight excluding hydrogens is 388 g/mol. The Morgan fingerprint density at radius 3 is 1.74 bits per heavy atom. The van der Waals surface area contributed by atoms with Crippen LogP contribution in [0.3, 0.4) is 0 Å². The average Bonchev–Trinajstić information content (AvgIpc) is 2.82. The molecule has 0 saturated heterocycles. The van der Waals surface area contributed by atoms with Crippen molar-refractivity contribution in [1.82, 2.24) is 0 Å². The Morgan fingerprint density at radius 1 is 0.677 bits per heavy atom. The molecule has 3 aromatic rings. The molecule has 0 radical (unpaired) electrons. The number of benzene rings is 3. The van der Waals surface area contributed by atoms with Gasteiger partial charge in [0.15, 0.2) is 0 Å². The highest BCUT2D eigenvalue weighted by molar-refractivity contribution is 5.89. The van der Waals surface area contributed by atoms with Crippen LogP contribution in [0.2, 0.25) is 0 Å². The number of carbonyl (C=O) groups is 2.